The Morgan fingerprint density at radius 3 is 2.59 bits per heavy atom. The van der Waals surface area contributed by atoms with Crippen LogP contribution in [0, 0.1) is 0 Å². The zero-order valence-electron chi connectivity index (χ0n) is 14.8. The number of amides is 3. The van der Waals surface area contributed by atoms with E-state index in [1.165, 1.54) is 6.20 Å². The zero-order valence-corrected chi connectivity index (χ0v) is 15.6. The van der Waals surface area contributed by atoms with Crippen molar-refractivity contribution in [3.05, 3.63) is 53.2 Å². The Morgan fingerprint density at radius 2 is 1.93 bits per heavy atom. The SMILES string of the molecule is NCC1(NC(=O)Nc2cccc(C(=O)Nc3ccc(Cl)cn3)c2)CCCC1. The maximum absolute atomic E-state index is 12.4. The van der Waals surface area contributed by atoms with Crippen LogP contribution < -0.4 is 21.7 Å². The largest absolute Gasteiger partial charge is 0.331 e. The van der Waals surface area contributed by atoms with Crippen LogP contribution in [-0.2, 0) is 0 Å². The fourth-order valence-electron chi connectivity index (χ4n) is 3.21. The van der Waals surface area contributed by atoms with Gasteiger partial charge in [-0.2, -0.15) is 0 Å². The molecule has 3 amide bonds. The van der Waals surface area contributed by atoms with E-state index in [1.54, 1.807) is 36.4 Å². The Labute approximate surface area is 162 Å². The second-order valence-corrected chi connectivity index (χ2v) is 7.10. The van der Waals surface area contributed by atoms with Gasteiger partial charge in [-0.25, -0.2) is 9.78 Å². The molecule has 2 aromatic rings. The summed E-state index contributed by atoms with van der Waals surface area (Å²) in [6.07, 6.45) is 5.34. The molecule has 0 saturated heterocycles. The summed E-state index contributed by atoms with van der Waals surface area (Å²) in [4.78, 5) is 28.8. The molecule has 1 fully saturated rings. The highest BCUT2D eigenvalue weighted by molar-refractivity contribution is 6.30. The number of carbonyl (C=O) groups excluding carboxylic acids is 2. The third-order valence-electron chi connectivity index (χ3n) is 4.68. The summed E-state index contributed by atoms with van der Waals surface area (Å²) >= 11 is 5.79. The minimum atomic E-state index is -0.334. The van der Waals surface area contributed by atoms with E-state index in [9.17, 15) is 9.59 Å². The number of nitrogens with two attached hydrogens (primary N) is 1. The van der Waals surface area contributed by atoms with E-state index >= 15 is 0 Å². The summed E-state index contributed by atoms with van der Waals surface area (Å²) in [6, 6.07) is 9.63. The van der Waals surface area contributed by atoms with Crippen LogP contribution in [0.15, 0.2) is 42.6 Å². The third kappa shape index (κ3) is 4.96. The van der Waals surface area contributed by atoms with Crippen molar-refractivity contribution in [2.45, 2.75) is 31.2 Å². The van der Waals surface area contributed by atoms with Gasteiger partial charge in [-0.1, -0.05) is 30.5 Å². The molecule has 0 unspecified atom stereocenters. The highest BCUT2D eigenvalue weighted by Crippen LogP contribution is 2.28. The van der Waals surface area contributed by atoms with Crippen LogP contribution in [0.4, 0.5) is 16.3 Å². The highest BCUT2D eigenvalue weighted by atomic mass is 35.5. The number of anilines is 2. The van der Waals surface area contributed by atoms with Crippen molar-refractivity contribution >= 4 is 35.0 Å². The molecule has 0 spiro atoms. The maximum Gasteiger partial charge on any atom is 0.319 e. The van der Waals surface area contributed by atoms with E-state index in [0.717, 1.165) is 25.7 Å². The number of nitrogens with zero attached hydrogens (tertiary/aromatic N) is 1. The summed E-state index contributed by atoms with van der Waals surface area (Å²) in [5.41, 5.74) is 6.44. The summed E-state index contributed by atoms with van der Waals surface area (Å²) in [5, 5.41) is 8.94. The van der Waals surface area contributed by atoms with Crippen molar-refractivity contribution in [2.24, 2.45) is 5.73 Å². The van der Waals surface area contributed by atoms with Crippen molar-refractivity contribution in [1.82, 2.24) is 10.3 Å². The molecular weight excluding hydrogens is 366 g/mol. The normalized spacial score (nSPS) is 15.2. The van der Waals surface area contributed by atoms with Crippen molar-refractivity contribution in [1.29, 1.82) is 0 Å². The van der Waals surface area contributed by atoms with Crippen molar-refractivity contribution in [2.75, 3.05) is 17.2 Å². The van der Waals surface area contributed by atoms with E-state index < -0.39 is 0 Å². The second-order valence-electron chi connectivity index (χ2n) is 6.67. The van der Waals surface area contributed by atoms with Crippen LogP contribution in [0.5, 0.6) is 0 Å². The number of benzene rings is 1. The van der Waals surface area contributed by atoms with E-state index in [-0.39, 0.29) is 17.5 Å². The van der Waals surface area contributed by atoms with Gasteiger partial charge in [0.15, 0.2) is 0 Å². The molecule has 1 aromatic heterocycles. The first-order valence-electron chi connectivity index (χ1n) is 8.82. The number of hydrogen-bond donors (Lipinski definition) is 4. The van der Waals surface area contributed by atoms with Gasteiger partial charge in [-0.15, -0.1) is 0 Å². The van der Waals surface area contributed by atoms with Crippen LogP contribution in [0.2, 0.25) is 5.02 Å². The Bertz CT molecular complexity index is 819. The lowest BCUT2D eigenvalue weighted by atomic mass is 9.98. The second kappa shape index (κ2) is 8.37. The van der Waals surface area contributed by atoms with Crippen molar-refractivity contribution in [3.63, 3.8) is 0 Å². The molecule has 0 atom stereocenters. The van der Waals surface area contributed by atoms with Crippen LogP contribution in [0.25, 0.3) is 0 Å². The Balaban J connectivity index is 1.63. The first-order valence-corrected chi connectivity index (χ1v) is 9.20. The molecule has 1 aromatic carbocycles. The fraction of sp³-hybridized carbons (Fsp3) is 0.316. The molecule has 1 saturated carbocycles. The average molecular weight is 388 g/mol. The first-order chi connectivity index (χ1) is 13.0. The third-order valence-corrected chi connectivity index (χ3v) is 4.91. The molecule has 1 heterocycles. The molecule has 0 bridgehead atoms. The fourth-order valence-corrected chi connectivity index (χ4v) is 3.32. The predicted octanol–water partition coefficient (Wildman–Crippen LogP) is 3.38. The molecule has 3 rings (SSSR count). The smallest absolute Gasteiger partial charge is 0.319 e. The molecule has 27 heavy (non-hydrogen) atoms. The lowest BCUT2D eigenvalue weighted by Crippen LogP contribution is -2.53. The van der Waals surface area contributed by atoms with Crippen LogP contribution in [-0.4, -0.2) is 29.0 Å². The number of carbonyl (C=O) groups is 2. The Morgan fingerprint density at radius 1 is 1.15 bits per heavy atom. The Kier molecular flexibility index (Phi) is 5.93. The van der Waals surface area contributed by atoms with Crippen LogP contribution >= 0.6 is 11.6 Å². The monoisotopic (exact) mass is 387 g/mol. The Hall–Kier alpha value is -2.64. The van der Waals surface area contributed by atoms with E-state index in [0.29, 0.717) is 28.6 Å². The highest BCUT2D eigenvalue weighted by Gasteiger charge is 2.33. The molecule has 0 aliphatic heterocycles. The van der Waals surface area contributed by atoms with Crippen LogP contribution in [0.1, 0.15) is 36.0 Å². The number of hydrogen-bond acceptors (Lipinski definition) is 4. The summed E-state index contributed by atoms with van der Waals surface area (Å²) < 4.78 is 0. The standard InChI is InChI=1S/C19H22ClN5O2/c20-14-6-7-16(22-11-14)24-17(26)13-4-3-5-15(10-13)23-18(27)25-19(12-21)8-1-2-9-19/h3-7,10-11H,1-2,8-9,12,21H2,(H,22,24,26)(H2,23,25,27). The number of urea groups is 1. The van der Waals surface area contributed by atoms with Gasteiger partial charge in [-0.05, 0) is 43.2 Å². The minimum Gasteiger partial charge on any atom is -0.331 e. The average Bonchev–Trinajstić information content (AvgIpc) is 3.12. The van der Waals surface area contributed by atoms with Gasteiger partial charge in [0, 0.05) is 24.0 Å². The minimum absolute atomic E-state index is 0.320. The summed E-state index contributed by atoms with van der Waals surface area (Å²) in [5.74, 6) is 0.0646. The van der Waals surface area contributed by atoms with Crippen molar-refractivity contribution in [3.8, 4) is 0 Å². The van der Waals surface area contributed by atoms with Gasteiger partial charge >= 0.3 is 6.03 Å². The number of rotatable bonds is 5. The van der Waals surface area contributed by atoms with Gasteiger partial charge in [0.2, 0.25) is 0 Å². The molecule has 1 aliphatic rings. The molecule has 5 N–H and O–H groups in total. The summed E-state index contributed by atoms with van der Waals surface area (Å²) in [7, 11) is 0. The van der Waals surface area contributed by atoms with Crippen molar-refractivity contribution < 1.29 is 9.59 Å². The number of pyridine rings is 1. The lowest BCUT2D eigenvalue weighted by Gasteiger charge is -2.28. The first kappa shape index (κ1) is 19.1. The number of nitrogens with one attached hydrogen (secondary N) is 3. The van der Waals surface area contributed by atoms with Gasteiger partial charge in [0.25, 0.3) is 5.91 Å². The number of aromatic nitrogens is 1. The lowest BCUT2D eigenvalue weighted by molar-refractivity contribution is 0.102. The molecule has 7 nitrogen and oxygen atoms in total. The maximum atomic E-state index is 12.4. The molecule has 0 radical (unpaired) electrons. The topological polar surface area (TPSA) is 109 Å². The van der Waals surface area contributed by atoms with E-state index in [2.05, 4.69) is 20.9 Å². The molecular formula is C19H22ClN5O2. The van der Waals surface area contributed by atoms with Gasteiger partial charge < -0.3 is 21.7 Å². The van der Waals surface area contributed by atoms with Gasteiger partial charge in [0.1, 0.15) is 5.82 Å². The molecule has 1 aliphatic carbocycles. The van der Waals surface area contributed by atoms with Gasteiger partial charge in [0.05, 0.1) is 10.6 Å². The summed E-state index contributed by atoms with van der Waals surface area (Å²) in [6.45, 7) is 0.414. The van der Waals surface area contributed by atoms with E-state index in [1.807, 2.05) is 0 Å². The zero-order chi connectivity index (χ0) is 19.3. The quantitative estimate of drug-likeness (QED) is 0.630. The van der Waals surface area contributed by atoms with Gasteiger partial charge in [-0.3, -0.25) is 4.79 Å². The van der Waals surface area contributed by atoms with E-state index in [4.69, 9.17) is 17.3 Å². The number of halogens is 1. The molecule has 8 heteroatoms. The molecule has 142 valence electrons. The predicted molar refractivity (Wildman–Crippen MR) is 106 cm³/mol. The van der Waals surface area contributed by atoms with Crippen LogP contribution in [0.3, 0.4) is 0 Å².